The average Bonchev–Trinajstić information content (AvgIpc) is 2.29. The van der Waals surface area contributed by atoms with Crippen LogP contribution in [0.2, 0.25) is 0 Å². The largest absolute Gasteiger partial charge is 0.481 e. The Kier molecular flexibility index (Phi) is 10.8. The number of hydrogen-bond acceptors (Lipinski definition) is 4. The number of unbranched alkanes of at least 4 members (excludes halogenated alkanes) is 2. The van der Waals surface area contributed by atoms with E-state index in [0.717, 1.165) is 0 Å². The molecule has 119 valence electrons. The zero-order valence-corrected chi connectivity index (χ0v) is 15.5. The first kappa shape index (κ1) is 23.1. The fraction of sp³-hybridized carbons (Fsp3) is 0.833. The van der Waals surface area contributed by atoms with Crippen LogP contribution in [0.15, 0.2) is 0 Å². The Bertz CT molecular complexity index is 439. The molecule has 0 spiro atoms. The number of rotatable bonds is 10. The normalized spacial score (nSPS) is 13.3. The average molecular weight is 333 g/mol. The van der Waals surface area contributed by atoms with Crippen LogP contribution in [0.5, 0.6) is 0 Å². The van der Waals surface area contributed by atoms with Gasteiger partial charge >= 0.3 is 11.9 Å². The molecule has 9 heteroatoms. The molecular weight excluding hydrogens is 311 g/mol. The van der Waals surface area contributed by atoms with Crippen molar-refractivity contribution in [2.45, 2.75) is 57.6 Å². The van der Waals surface area contributed by atoms with E-state index in [4.69, 9.17) is 9.66 Å². The van der Waals surface area contributed by atoms with Gasteiger partial charge in [0.25, 0.3) is 10.1 Å². The van der Waals surface area contributed by atoms with E-state index in [1.54, 1.807) is 13.8 Å². The summed E-state index contributed by atoms with van der Waals surface area (Å²) >= 11 is 0. The molecule has 0 aromatic heterocycles. The van der Waals surface area contributed by atoms with Crippen molar-refractivity contribution < 1.29 is 32.8 Å². The van der Waals surface area contributed by atoms with Gasteiger partial charge in [-0.3, -0.25) is 14.1 Å². The van der Waals surface area contributed by atoms with Gasteiger partial charge in [-0.25, -0.2) is 0 Å². The van der Waals surface area contributed by atoms with Crippen LogP contribution in [-0.4, -0.2) is 69.9 Å². The molecule has 0 bridgehead atoms. The van der Waals surface area contributed by atoms with Crippen LogP contribution in [0.25, 0.3) is 0 Å². The second kappa shape index (κ2) is 9.78. The molecule has 1 unspecified atom stereocenters. The standard InChI is InChI=1S/C12H22O7S.Na/c1-3-5-7-12(11(15)16,8-6-4-2)9(10(13)14)20(17,18)19;/h9H,3-8H2,1-2H3,(H,13,14)(H,15,16)(H,17,18,19);. The second-order valence-electron chi connectivity index (χ2n) is 4.90. The number of carboxylic acid groups (broad SMARTS) is 2. The maximum Gasteiger partial charge on any atom is 0.325 e. The van der Waals surface area contributed by atoms with Gasteiger partial charge in [-0.15, -0.1) is 0 Å². The minimum absolute atomic E-state index is 0. The Morgan fingerprint density at radius 3 is 1.62 bits per heavy atom. The molecule has 0 aromatic rings. The van der Waals surface area contributed by atoms with Gasteiger partial charge in [0.15, 0.2) is 5.25 Å². The van der Waals surface area contributed by atoms with Crippen LogP contribution in [0.1, 0.15) is 52.4 Å². The van der Waals surface area contributed by atoms with Crippen LogP contribution in [0, 0.1) is 5.41 Å². The Morgan fingerprint density at radius 1 is 1.05 bits per heavy atom. The molecule has 0 heterocycles. The first-order valence-electron chi connectivity index (χ1n) is 6.56. The van der Waals surface area contributed by atoms with E-state index in [2.05, 4.69) is 0 Å². The molecule has 1 radical (unpaired) electrons. The molecule has 3 N–H and O–H groups in total. The van der Waals surface area contributed by atoms with Crippen LogP contribution in [0.4, 0.5) is 0 Å². The molecule has 0 saturated heterocycles. The van der Waals surface area contributed by atoms with Crippen molar-refractivity contribution in [1.82, 2.24) is 0 Å². The van der Waals surface area contributed by atoms with Crippen molar-refractivity contribution in [3.8, 4) is 0 Å². The van der Waals surface area contributed by atoms with Gasteiger partial charge in [0.1, 0.15) is 0 Å². The van der Waals surface area contributed by atoms with Gasteiger partial charge in [0.2, 0.25) is 0 Å². The first-order chi connectivity index (χ1) is 9.13. The van der Waals surface area contributed by atoms with Crippen molar-refractivity contribution in [3.63, 3.8) is 0 Å². The molecule has 21 heavy (non-hydrogen) atoms. The third-order valence-electron chi connectivity index (χ3n) is 3.40. The van der Waals surface area contributed by atoms with Crippen molar-refractivity contribution in [2.24, 2.45) is 5.41 Å². The molecule has 0 aromatic carbocycles. The second-order valence-corrected chi connectivity index (χ2v) is 6.40. The molecule has 1 atom stereocenters. The fourth-order valence-electron chi connectivity index (χ4n) is 2.35. The summed E-state index contributed by atoms with van der Waals surface area (Å²) in [6.07, 6.45) is 1.73. The zero-order valence-electron chi connectivity index (χ0n) is 12.7. The number of hydrogen-bond donors (Lipinski definition) is 3. The van der Waals surface area contributed by atoms with E-state index in [0.29, 0.717) is 25.7 Å². The van der Waals surface area contributed by atoms with Gasteiger partial charge < -0.3 is 10.2 Å². The summed E-state index contributed by atoms with van der Waals surface area (Å²) in [6.45, 7) is 3.57. The SMILES string of the molecule is CCCCC(CCCC)(C(=O)O)C(C(=O)O)S(=O)(=O)O.[Na]. The molecule has 0 saturated carbocycles. The Morgan fingerprint density at radius 2 is 1.43 bits per heavy atom. The molecular formula is C12H22NaO7S. The molecule has 0 aliphatic carbocycles. The van der Waals surface area contributed by atoms with E-state index in [1.165, 1.54) is 0 Å². The Balaban J connectivity index is 0. The first-order valence-corrected chi connectivity index (χ1v) is 8.06. The molecule has 0 aliphatic rings. The summed E-state index contributed by atoms with van der Waals surface area (Å²) in [7, 11) is -5.01. The predicted molar refractivity (Wildman–Crippen MR) is 77.8 cm³/mol. The molecule has 0 rings (SSSR count). The predicted octanol–water partition coefficient (Wildman–Crippen LogP) is 1.40. The monoisotopic (exact) mass is 333 g/mol. The topological polar surface area (TPSA) is 129 Å². The quantitative estimate of drug-likeness (QED) is 0.407. The fourth-order valence-corrected chi connectivity index (χ4v) is 3.51. The van der Waals surface area contributed by atoms with Gasteiger partial charge in [0.05, 0.1) is 5.41 Å². The van der Waals surface area contributed by atoms with Crippen LogP contribution >= 0.6 is 0 Å². The summed E-state index contributed by atoms with van der Waals surface area (Å²) in [5.74, 6) is -3.33. The zero-order chi connectivity index (χ0) is 16.0. The Labute approximate surface area is 147 Å². The van der Waals surface area contributed by atoms with Crippen molar-refractivity contribution in [3.05, 3.63) is 0 Å². The minimum Gasteiger partial charge on any atom is -0.481 e. The Hall–Kier alpha value is -0.150. The van der Waals surface area contributed by atoms with E-state index >= 15 is 0 Å². The van der Waals surface area contributed by atoms with Gasteiger partial charge in [-0.05, 0) is 12.8 Å². The maximum atomic E-state index is 11.6. The van der Waals surface area contributed by atoms with Crippen molar-refractivity contribution in [1.29, 1.82) is 0 Å². The van der Waals surface area contributed by atoms with Crippen molar-refractivity contribution in [2.75, 3.05) is 0 Å². The summed E-state index contributed by atoms with van der Waals surface area (Å²) in [6, 6.07) is 0. The van der Waals surface area contributed by atoms with Crippen LogP contribution < -0.4 is 0 Å². The third kappa shape index (κ3) is 6.23. The van der Waals surface area contributed by atoms with Gasteiger partial charge in [0, 0.05) is 29.6 Å². The summed E-state index contributed by atoms with van der Waals surface area (Å²) < 4.78 is 31.9. The summed E-state index contributed by atoms with van der Waals surface area (Å²) in [5.41, 5.74) is -1.99. The third-order valence-corrected chi connectivity index (χ3v) is 4.65. The number of carbonyl (C=O) groups is 2. The molecule has 0 fully saturated rings. The summed E-state index contributed by atoms with van der Waals surface area (Å²) in [4.78, 5) is 22.8. The molecule has 0 amide bonds. The van der Waals surface area contributed by atoms with E-state index in [-0.39, 0.29) is 42.4 Å². The van der Waals surface area contributed by atoms with Crippen molar-refractivity contribution >= 4 is 51.6 Å². The van der Waals surface area contributed by atoms with Crippen LogP contribution in [-0.2, 0) is 19.7 Å². The van der Waals surface area contributed by atoms with E-state index in [9.17, 15) is 23.1 Å². The van der Waals surface area contributed by atoms with Gasteiger partial charge in [-0.2, -0.15) is 8.42 Å². The minimum atomic E-state index is -5.01. The maximum absolute atomic E-state index is 11.6. The van der Waals surface area contributed by atoms with Crippen LogP contribution in [0.3, 0.4) is 0 Å². The smallest absolute Gasteiger partial charge is 0.325 e. The molecule has 7 nitrogen and oxygen atoms in total. The summed E-state index contributed by atoms with van der Waals surface area (Å²) in [5, 5.41) is 16.2. The van der Waals surface area contributed by atoms with E-state index < -0.39 is 32.7 Å². The molecule has 0 aliphatic heterocycles. The number of aliphatic carboxylic acids is 2. The van der Waals surface area contributed by atoms with Gasteiger partial charge in [-0.1, -0.05) is 39.5 Å². The number of carboxylic acids is 2. The van der Waals surface area contributed by atoms with E-state index in [1.807, 2.05) is 0 Å².